The summed E-state index contributed by atoms with van der Waals surface area (Å²) in [4.78, 5) is 17.8. The molecule has 2 heterocycles. The van der Waals surface area contributed by atoms with Crippen molar-refractivity contribution in [2.24, 2.45) is 7.05 Å². The second-order valence-electron chi connectivity index (χ2n) is 6.23. The SMILES string of the molecule is Cn1ccnc1C(=CCCN1CCC=C(C(=O)O)C1)c1ccccc1. The minimum absolute atomic E-state index is 0.502. The first-order valence-electron chi connectivity index (χ1n) is 8.53. The van der Waals surface area contributed by atoms with Crippen LogP contribution in [0.3, 0.4) is 0 Å². The molecule has 0 radical (unpaired) electrons. The fourth-order valence-electron chi connectivity index (χ4n) is 3.12. The molecular formula is C20H23N3O2. The highest BCUT2D eigenvalue weighted by atomic mass is 16.4. The Morgan fingerprint density at radius 3 is 2.80 bits per heavy atom. The van der Waals surface area contributed by atoms with Gasteiger partial charge < -0.3 is 9.67 Å². The quantitative estimate of drug-likeness (QED) is 0.880. The molecule has 0 aliphatic carbocycles. The number of hydrogen-bond donors (Lipinski definition) is 1. The average Bonchev–Trinajstić information content (AvgIpc) is 3.05. The van der Waals surface area contributed by atoms with E-state index >= 15 is 0 Å². The van der Waals surface area contributed by atoms with Gasteiger partial charge in [-0.2, -0.15) is 0 Å². The Balaban J connectivity index is 1.73. The van der Waals surface area contributed by atoms with Gasteiger partial charge in [-0.25, -0.2) is 9.78 Å². The van der Waals surface area contributed by atoms with Crippen LogP contribution in [0.15, 0.2) is 60.5 Å². The van der Waals surface area contributed by atoms with E-state index in [2.05, 4.69) is 28.1 Å². The Bertz CT molecular complexity index is 790. The number of carbonyl (C=O) groups is 1. The summed E-state index contributed by atoms with van der Waals surface area (Å²) in [6.45, 7) is 2.27. The van der Waals surface area contributed by atoms with Gasteiger partial charge in [-0.15, -0.1) is 0 Å². The van der Waals surface area contributed by atoms with Crippen molar-refractivity contribution in [3.05, 3.63) is 71.8 Å². The van der Waals surface area contributed by atoms with E-state index in [1.54, 1.807) is 6.20 Å². The smallest absolute Gasteiger partial charge is 0.332 e. The number of aliphatic carboxylic acids is 1. The largest absolute Gasteiger partial charge is 0.478 e. The van der Waals surface area contributed by atoms with Crippen molar-refractivity contribution in [2.75, 3.05) is 19.6 Å². The summed E-state index contributed by atoms with van der Waals surface area (Å²) >= 11 is 0. The number of aryl methyl sites for hydroxylation is 1. The highest BCUT2D eigenvalue weighted by Gasteiger charge is 2.17. The summed E-state index contributed by atoms with van der Waals surface area (Å²) in [5, 5.41) is 9.16. The maximum atomic E-state index is 11.1. The van der Waals surface area contributed by atoms with Crippen molar-refractivity contribution < 1.29 is 9.90 Å². The summed E-state index contributed by atoms with van der Waals surface area (Å²) in [6, 6.07) is 10.2. The summed E-state index contributed by atoms with van der Waals surface area (Å²) in [5.41, 5.74) is 2.75. The second kappa shape index (κ2) is 7.94. The number of carboxylic acid groups (broad SMARTS) is 1. The van der Waals surface area contributed by atoms with E-state index in [4.69, 9.17) is 5.11 Å². The van der Waals surface area contributed by atoms with Crippen molar-refractivity contribution in [3.8, 4) is 0 Å². The highest BCUT2D eigenvalue weighted by Crippen LogP contribution is 2.22. The van der Waals surface area contributed by atoms with E-state index in [1.807, 2.05) is 42.1 Å². The van der Waals surface area contributed by atoms with Gasteiger partial charge in [0.1, 0.15) is 5.82 Å². The molecule has 5 heteroatoms. The lowest BCUT2D eigenvalue weighted by molar-refractivity contribution is -0.133. The van der Waals surface area contributed by atoms with Gasteiger partial charge in [0.05, 0.1) is 0 Å². The minimum atomic E-state index is -0.807. The number of imidazole rings is 1. The molecular weight excluding hydrogens is 314 g/mol. The zero-order valence-corrected chi connectivity index (χ0v) is 14.4. The van der Waals surface area contributed by atoms with Crippen LogP contribution < -0.4 is 0 Å². The van der Waals surface area contributed by atoms with E-state index in [-0.39, 0.29) is 0 Å². The zero-order chi connectivity index (χ0) is 17.6. The zero-order valence-electron chi connectivity index (χ0n) is 14.4. The van der Waals surface area contributed by atoms with Gasteiger partial charge in [-0.05, 0) is 18.4 Å². The minimum Gasteiger partial charge on any atom is -0.478 e. The van der Waals surface area contributed by atoms with Crippen LogP contribution in [0.5, 0.6) is 0 Å². The molecule has 25 heavy (non-hydrogen) atoms. The summed E-state index contributed by atoms with van der Waals surface area (Å²) in [7, 11) is 1.99. The van der Waals surface area contributed by atoms with Crippen LogP contribution in [0.1, 0.15) is 24.2 Å². The molecule has 1 aliphatic heterocycles. The molecule has 5 nitrogen and oxygen atoms in total. The first-order valence-corrected chi connectivity index (χ1v) is 8.53. The van der Waals surface area contributed by atoms with Crippen LogP contribution in [0.2, 0.25) is 0 Å². The lowest BCUT2D eigenvalue weighted by atomic mass is 10.0. The first kappa shape index (κ1) is 17.2. The number of hydrogen-bond acceptors (Lipinski definition) is 3. The van der Waals surface area contributed by atoms with Gasteiger partial charge >= 0.3 is 5.97 Å². The Labute approximate surface area is 147 Å². The summed E-state index contributed by atoms with van der Waals surface area (Å²) in [6.07, 6.45) is 9.44. The maximum absolute atomic E-state index is 11.1. The van der Waals surface area contributed by atoms with E-state index in [0.717, 1.165) is 42.9 Å². The van der Waals surface area contributed by atoms with Crippen LogP contribution in [0.25, 0.3) is 5.57 Å². The van der Waals surface area contributed by atoms with E-state index < -0.39 is 5.97 Å². The molecule has 3 rings (SSSR count). The third kappa shape index (κ3) is 4.25. The lowest BCUT2D eigenvalue weighted by Crippen LogP contribution is -2.32. The standard InChI is InChI=1S/C20H23N3O2/c1-22-14-11-21-19(22)18(16-7-3-2-4-8-16)10-6-13-23-12-5-9-17(15-23)20(24)25/h2-4,7-11,14H,5-6,12-13,15H2,1H3,(H,24,25). The van der Waals surface area contributed by atoms with Crippen molar-refractivity contribution in [1.82, 2.24) is 14.5 Å². The topological polar surface area (TPSA) is 58.4 Å². The van der Waals surface area contributed by atoms with Crippen LogP contribution in [0.4, 0.5) is 0 Å². The molecule has 0 saturated heterocycles. The first-order chi connectivity index (χ1) is 12.1. The molecule has 0 saturated carbocycles. The van der Waals surface area contributed by atoms with Crippen LogP contribution in [-0.2, 0) is 11.8 Å². The fraction of sp³-hybridized carbons (Fsp3) is 0.300. The molecule has 2 aromatic rings. The molecule has 0 bridgehead atoms. The molecule has 1 N–H and O–H groups in total. The van der Waals surface area contributed by atoms with Crippen LogP contribution in [-0.4, -0.2) is 45.2 Å². The van der Waals surface area contributed by atoms with Crippen molar-refractivity contribution >= 4 is 11.5 Å². The number of nitrogens with zero attached hydrogens (tertiary/aromatic N) is 3. The third-order valence-corrected chi connectivity index (χ3v) is 4.45. The Morgan fingerprint density at radius 2 is 2.12 bits per heavy atom. The predicted molar refractivity (Wildman–Crippen MR) is 98.1 cm³/mol. The lowest BCUT2D eigenvalue weighted by Gasteiger charge is -2.25. The van der Waals surface area contributed by atoms with Gasteiger partial charge in [0.2, 0.25) is 0 Å². The molecule has 1 aliphatic rings. The van der Waals surface area contributed by atoms with Gasteiger partial charge in [0, 0.05) is 50.2 Å². The van der Waals surface area contributed by atoms with Crippen molar-refractivity contribution in [3.63, 3.8) is 0 Å². The number of aromatic nitrogens is 2. The molecule has 0 atom stereocenters. The average molecular weight is 337 g/mol. The van der Waals surface area contributed by atoms with E-state index in [9.17, 15) is 4.79 Å². The highest BCUT2D eigenvalue weighted by molar-refractivity contribution is 5.87. The molecule has 0 unspecified atom stereocenters. The number of rotatable bonds is 6. The second-order valence-corrected chi connectivity index (χ2v) is 6.23. The molecule has 0 spiro atoms. The molecule has 1 aromatic carbocycles. The number of carboxylic acids is 1. The van der Waals surface area contributed by atoms with Crippen molar-refractivity contribution in [1.29, 1.82) is 0 Å². The summed E-state index contributed by atoms with van der Waals surface area (Å²) in [5.74, 6) is 0.134. The normalized spacial score (nSPS) is 15.9. The Hall–Kier alpha value is -2.66. The third-order valence-electron chi connectivity index (χ3n) is 4.45. The fourth-order valence-corrected chi connectivity index (χ4v) is 3.12. The van der Waals surface area contributed by atoms with E-state index in [1.165, 1.54) is 0 Å². The van der Waals surface area contributed by atoms with Gasteiger partial charge in [0.15, 0.2) is 0 Å². The van der Waals surface area contributed by atoms with Crippen molar-refractivity contribution in [2.45, 2.75) is 12.8 Å². The van der Waals surface area contributed by atoms with Crippen LogP contribution >= 0.6 is 0 Å². The Kier molecular flexibility index (Phi) is 5.46. The van der Waals surface area contributed by atoms with Gasteiger partial charge in [-0.3, -0.25) is 4.90 Å². The monoisotopic (exact) mass is 337 g/mol. The summed E-state index contributed by atoms with van der Waals surface area (Å²) < 4.78 is 2.02. The maximum Gasteiger partial charge on any atom is 0.332 e. The van der Waals surface area contributed by atoms with Crippen LogP contribution in [0, 0.1) is 0 Å². The predicted octanol–water partition coefficient (Wildman–Crippen LogP) is 2.96. The molecule has 0 amide bonds. The Morgan fingerprint density at radius 1 is 1.32 bits per heavy atom. The molecule has 0 fully saturated rings. The van der Waals surface area contributed by atoms with Gasteiger partial charge in [0.25, 0.3) is 0 Å². The van der Waals surface area contributed by atoms with Gasteiger partial charge in [-0.1, -0.05) is 42.5 Å². The van der Waals surface area contributed by atoms with E-state index in [0.29, 0.717) is 12.1 Å². The number of benzene rings is 1. The molecule has 1 aromatic heterocycles. The molecule has 130 valence electrons.